The molecule has 148 valence electrons. The topological polar surface area (TPSA) is 54.1 Å². The Bertz CT molecular complexity index is 969. The van der Waals surface area contributed by atoms with E-state index in [1.54, 1.807) is 0 Å². The van der Waals surface area contributed by atoms with Crippen molar-refractivity contribution in [3.05, 3.63) is 84.2 Å². The number of aryl methyl sites for hydroxylation is 2. The Labute approximate surface area is 170 Å². The van der Waals surface area contributed by atoms with Gasteiger partial charge in [0.25, 0.3) is 0 Å². The first-order valence-electron chi connectivity index (χ1n) is 9.70. The third-order valence-electron chi connectivity index (χ3n) is 4.39. The Morgan fingerprint density at radius 2 is 1.07 bits per heavy atom. The van der Waals surface area contributed by atoms with E-state index >= 15 is 0 Å². The van der Waals surface area contributed by atoms with Crippen molar-refractivity contribution in [3.8, 4) is 23.1 Å². The molecule has 0 atom stereocenters. The Balaban J connectivity index is 1.34. The summed E-state index contributed by atoms with van der Waals surface area (Å²) in [5.41, 5.74) is 3.80. The zero-order valence-corrected chi connectivity index (χ0v) is 16.7. The van der Waals surface area contributed by atoms with E-state index in [1.807, 2.05) is 96.0 Å². The van der Waals surface area contributed by atoms with Crippen LogP contribution in [0.25, 0.3) is 11.4 Å². The van der Waals surface area contributed by atoms with E-state index in [-0.39, 0.29) is 0 Å². The van der Waals surface area contributed by atoms with Gasteiger partial charge < -0.3 is 9.47 Å². The number of aromatic nitrogens is 4. The average Bonchev–Trinajstić information content (AvgIpc) is 3.31. The van der Waals surface area contributed by atoms with Crippen LogP contribution >= 0.6 is 0 Å². The molecule has 6 nitrogen and oxygen atoms in total. The van der Waals surface area contributed by atoms with E-state index in [4.69, 9.17) is 9.47 Å². The molecule has 0 aliphatic heterocycles. The van der Waals surface area contributed by atoms with E-state index in [0.29, 0.717) is 13.2 Å². The molecule has 0 amide bonds. The summed E-state index contributed by atoms with van der Waals surface area (Å²) in [4.78, 5) is 0. The van der Waals surface area contributed by atoms with E-state index < -0.39 is 0 Å². The minimum atomic E-state index is 0.538. The lowest BCUT2D eigenvalue weighted by molar-refractivity contribution is 0.230. The van der Waals surface area contributed by atoms with Crippen LogP contribution in [0.2, 0.25) is 0 Å². The van der Waals surface area contributed by atoms with Crippen molar-refractivity contribution in [3.63, 3.8) is 0 Å². The molecular formula is C23H24N4O2. The quantitative estimate of drug-likeness (QED) is 0.416. The van der Waals surface area contributed by atoms with Crippen molar-refractivity contribution >= 4 is 0 Å². The minimum absolute atomic E-state index is 0.538. The van der Waals surface area contributed by atoms with Crippen molar-refractivity contribution in [1.29, 1.82) is 0 Å². The Morgan fingerprint density at radius 3 is 1.48 bits per heavy atom. The maximum Gasteiger partial charge on any atom is 0.216 e. The van der Waals surface area contributed by atoms with Gasteiger partial charge in [-0.15, -0.1) is 0 Å². The molecule has 0 aliphatic carbocycles. The van der Waals surface area contributed by atoms with E-state index in [2.05, 4.69) is 10.2 Å². The predicted molar refractivity (Wildman–Crippen MR) is 112 cm³/mol. The first kappa shape index (κ1) is 18.8. The molecule has 2 aromatic heterocycles. The molecule has 0 saturated heterocycles. The molecule has 0 radical (unpaired) electrons. The lowest BCUT2D eigenvalue weighted by atomic mass is 10.3. The fraction of sp³-hybridized carbons (Fsp3) is 0.217. The molecule has 0 bridgehead atoms. The van der Waals surface area contributed by atoms with Crippen LogP contribution in [-0.4, -0.2) is 32.8 Å². The number of hydrogen-bond acceptors (Lipinski definition) is 4. The van der Waals surface area contributed by atoms with Crippen LogP contribution in [0.15, 0.2) is 72.8 Å². The second kappa shape index (κ2) is 8.65. The standard InChI is InChI=1S/C23H24N4O2/c1-18-16-22(26(24-18)20-10-5-3-6-11-20)28-14-9-15-29-23-17-19(2)25-27(23)21-12-7-4-8-13-21/h3-8,10-13,16-17H,9,14-15H2,1-2H3. The number of para-hydroxylation sites is 2. The molecule has 4 rings (SSSR count). The van der Waals surface area contributed by atoms with Crippen molar-refractivity contribution in [2.75, 3.05) is 13.2 Å². The van der Waals surface area contributed by atoms with Crippen LogP contribution in [0.4, 0.5) is 0 Å². The fourth-order valence-corrected chi connectivity index (χ4v) is 3.08. The molecule has 6 heteroatoms. The summed E-state index contributed by atoms with van der Waals surface area (Å²) in [5.74, 6) is 1.47. The monoisotopic (exact) mass is 388 g/mol. The zero-order valence-electron chi connectivity index (χ0n) is 16.7. The molecule has 2 heterocycles. The fourth-order valence-electron chi connectivity index (χ4n) is 3.08. The van der Waals surface area contributed by atoms with E-state index in [0.717, 1.165) is 40.9 Å². The van der Waals surface area contributed by atoms with Crippen molar-refractivity contribution < 1.29 is 9.47 Å². The number of benzene rings is 2. The highest BCUT2D eigenvalue weighted by Crippen LogP contribution is 2.21. The van der Waals surface area contributed by atoms with Crippen LogP contribution in [0.1, 0.15) is 17.8 Å². The van der Waals surface area contributed by atoms with Crippen LogP contribution < -0.4 is 9.47 Å². The molecule has 0 aliphatic rings. The highest BCUT2D eigenvalue weighted by molar-refractivity contribution is 5.36. The van der Waals surface area contributed by atoms with Gasteiger partial charge in [0.15, 0.2) is 0 Å². The largest absolute Gasteiger partial charge is 0.477 e. The van der Waals surface area contributed by atoms with Gasteiger partial charge in [0.1, 0.15) is 0 Å². The molecule has 0 N–H and O–H groups in total. The van der Waals surface area contributed by atoms with Crippen LogP contribution in [0.5, 0.6) is 11.8 Å². The smallest absolute Gasteiger partial charge is 0.216 e. The molecule has 0 saturated carbocycles. The summed E-state index contributed by atoms with van der Waals surface area (Å²) in [7, 11) is 0. The Kier molecular flexibility index (Phi) is 5.61. The normalized spacial score (nSPS) is 10.8. The summed E-state index contributed by atoms with van der Waals surface area (Å²) in [5, 5.41) is 9.05. The second-order valence-corrected chi connectivity index (χ2v) is 6.79. The summed E-state index contributed by atoms with van der Waals surface area (Å²) < 4.78 is 15.6. The third-order valence-corrected chi connectivity index (χ3v) is 4.39. The molecule has 2 aromatic carbocycles. The van der Waals surface area contributed by atoms with Crippen molar-refractivity contribution in [2.24, 2.45) is 0 Å². The van der Waals surface area contributed by atoms with Gasteiger partial charge in [-0.2, -0.15) is 10.2 Å². The number of ether oxygens (including phenoxy) is 2. The minimum Gasteiger partial charge on any atom is -0.477 e. The molecule has 0 fully saturated rings. The van der Waals surface area contributed by atoms with Gasteiger partial charge in [-0.05, 0) is 38.1 Å². The van der Waals surface area contributed by atoms with Gasteiger partial charge in [-0.25, -0.2) is 9.36 Å². The predicted octanol–water partition coefficient (Wildman–Crippen LogP) is 4.52. The summed E-state index contributed by atoms with van der Waals surface area (Å²) in [6.45, 7) is 5.00. The number of hydrogen-bond donors (Lipinski definition) is 0. The Hall–Kier alpha value is -3.54. The SMILES string of the molecule is Cc1cc(OCCCOc2cc(C)nn2-c2ccccc2)n(-c2ccccc2)n1. The maximum atomic E-state index is 5.97. The van der Waals surface area contributed by atoms with Gasteiger partial charge >= 0.3 is 0 Å². The lowest BCUT2D eigenvalue weighted by Gasteiger charge is -2.11. The van der Waals surface area contributed by atoms with E-state index in [9.17, 15) is 0 Å². The summed E-state index contributed by atoms with van der Waals surface area (Å²) >= 11 is 0. The van der Waals surface area contributed by atoms with Gasteiger partial charge in [0.05, 0.1) is 36.0 Å². The van der Waals surface area contributed by atoms with Crippen LogP contribution in [0, 0.1) is 13.8 Å². The van der Waals surface area contributed by atoms with Gasteiger partial charge in [-0.3, -0.25) is 0 Å². The first-order chi connectivity index (χ1) is 14.2. The summed E-state index contributed by atoms with van der Waals surface area (Å²) in [6.07, 6.45) is 0.748. The first-order valence-corrected chi connectivity index (χ1v) is 9.70. The van der Waals surface area contributed by atoms with E-state index in [1.165, 1.54) is 0 Å². The lowest BCUT2D eigenvalue weighted by Crippen LogP contribution is -2.09. The Morgan fingerprint density at radius 1 is 0.655 bits per heavy atom. The third kappa shape index (κ3) is 4.48. The molecule has 29 heavy (non-hydrogen) atoms. The second-order valence-electron chi connectivity index (χ2n) is 6.79. The highest BCUT2D eigenvalue weighted by atomic mass is 16.5. The molecule has 4 aromatic rings. The molecular weight excluding hydrogens is 364 g/mol. The highest BCUT2D eigenvalue weighted by Gasteiger charge is 2.10. The van der Waals surface area contributed by atoms with Gasteiger partial charge in [-0.1, -0.05) is 36.4 Å². The van der Waals surface area contributed by atoms with Gasteiger partial charge in [0, 0.05) is 18.6 Å². The maximum absolute atomic E-state index is 5.97. The van der Waals surface area contributed by atoms with Crippen molar-refractivity contribution in [1.82, 2.24) is 19.6 Å². The zero-order chi connectivity index (χ0) is 20.1. The molecule has 0 spiro atoms. The van der Waals surface area contributed by atoms with Crippen LogP contribution in [-0.2, 0) is 0 Å². The average molecular weight is 388 g/mol. The van der Waals surface area contributed by atoms with Crippen molar-refractivity contribution in [2.45, 2.75) is 20.3 Å². The number of rotatable bonds is 8. The van der Waals surface area contributed by atoms with Gasteiger partial charge in [0.2, 0.25) is 11.8 Å². The summed E-state index contributed by atoms with van der Waals surface area (Å²) in [6, 6.07) is 23.9. The van der Waals surface area contributed by atoms with Crippen LogP contribution in [0.3, 0.4) is 0 Å². The number of nitrogens with zero attached hydrogens (tertiary/aromatic N) is 4. The molecule has 0 unspecified atom stereocenters.